The van der Waals surface area contributed by atoms with Crippen molar-refractivity contribution in [3.05, 3.63) is 242 Å². The third-order valence-electron chi connectivity index (χ3n) is 14.5. The lowest BCUT2D eigenvalue weighted by atomic mass is 9.84. The Morgan fingerprint density at radius 3 is 1.21 bits per heavy atom. The zero-order chi connectivity index (χ0) is 47.9. The van der Waals surface area contributed by atoms with Crippen LogP contribution in [-0.4, -0.2) is 24.5 Å². The van der Waals surface area contributed by atoms with Crippen molar-refractivity contribution in [2.75, 3.05) is 29.4 Å². The zero-order valence-corrected chi connectivity index (χ0v) is 41.0. The van der Waals surface area contributed by atoms with Crippen LogP contribution in [0.1, 0.15) is 45.1 Å². The van der Waals surface area contributed by atoms with Crippen LogP contribution in [0.2, 0.25) is 0 Å². The molecule has 0 saturated heterocycles. The summed E-state index contributed by atoms with van der Waals surface area (Å²) in [4.78, 5) is 7.37. The van der Waals surface area contributed by atoms with Crippen molar-refractivity contribution < 1.29 is 0 Å². The van der Waals surface area contributed by atoms with E-state index in [2.05, 4.69) is 265 Å². The van der Waals surface area contributed by atoms with Crippen molar-refractivity contribution in [3.63, 3.8) is 0 Å². The lowest BCUT2D eigenvalue weighted by Gasteiger charge is -2.28. The Morgan fingerprint density at radius 2 is 0.718 bits per heavy atom. The molecule has 0 N–H and O–H groups in total. The third-order valence-corrected chi connectivity index (χ3v) is 14.5. The Balaban J connectivity index is 1.13. The van der Waals surface area contributed by atoms with Crippen molar-refractivity contribution in [2.45, 2.75) is 46.0 Å². The van der Waals surface area contributed by atoms with Gasteiger partial charge in [0, 0.05) is 34.1 Å². The Hall–Kier alpha value is -7.98. The number of anilines is 6. The monoisotopic (exact) mass is 919 g/mol. The molecule has 0 atom stereocenters. The number of aryl methyl sites for hydroxylation is 1. The lowest BCUT2D eigenvalue weighted by molar-refractivity contribution is 0.295. The average Bonchev–Trinajstić information content (AvgIpc) is 3.43. The van der Waals surface area contributed by atoms with Crippen LogP contribution < -0.4 is 9.80 Å². The van der Waals surface area contributed by atoms with Gasteiger partial charge in [0.25, 0.3) is 0 Å². The van der Waals surface area contributed by atoms with Crippen LogP contribution in [0.4, 0.5) is 34.1 Å². The van der Waals surface area contributed by atoms with Crippen LogP contribution >= 0.6 is 0 Å². The number of hydrogen-bond acceptors (Lipinski definition) is 3. The minimum atomic E-state index is 1.07. The van der Waals surface area contributed by atoms with Crippen LogP contribution in [0, 0.1) is 0 Å². The SMILES string of the molecule is CCN(CC)CCCCCCc1cccc(N(c2ccccc2)c2ccc3c(-c4ccc5ccccc5c4)c4cc(N(c5ccccc5)c5ccccc5)ccc4c(-c4ccc5ccccc5c4)c3c2)c1. The summed E-state index contributed by atoms with van der Waals surface area (Å²) in [6, 6.07) is 87.5. The molecule has 0 unspecified atom stereocenters. The molecule has 0 bridgehead atoms. The molecule has 0 amide bonds. The highest BCUT2D eigenvalue weighted by molar-refractivity contribution is 6.23. The molecule has 0 heterocycles. The van der Waals surface area contributed by atoms with Crippen LogP contribution in [0.25, 0.3) is 65.3 Å². The van der Waals surface area contributed by atoms with E-state index in [0.29, 0.717) is 0 Å². The minimum absolute atomic E-state index is 1.07. The highest BCUT2D eigenvalue weighted by Crippen LogP contribution is 2.49. The summed E-state index contributed by atoms with van der Waals surface area (Å²) in [6.07, 6.45) is 6.06. The molecule has 0 aliphatic rings. The maximum absolute atomic E-state index is 2.54. The predicted molar refractivity (Wildman–Crippen MR) is 307 cm³/mol. The number of fused-ring (bicyclic) bond motifs is 4. The largest absolute Gasteiger partial charge is 0.310 e. The molecule has 348 valence electrons. The van der Waals surface area contributed by atoms with E-state index in [1.54, 1.807) is 0 Å². The average molecular weight is 920 g/mol. The molecule has 3 heteroatoms. The van der Waals surface area contributed by atoms with E-state index < -0.39 is 0 Å². The van der Waals surface area contributed by atoms with Crippen molar-refractivity contribution in [1.82, 2.24) is 4.90 Å². The van der Waals surface area contributed by atoms with Gasteiger partial charge in [-0.05, 0) is 195 Å². The van der Waals surface area contributed by atoms with E-state index in [1.807, 2.05) is 0 Å². The molecule has 0 aliphatic heterocycles. The van der Waals surface area contributed by atoms with Gasteiger partial charge in [0.2, 0.25) is 0 Å². The molecule has 3 nitrogen and oxygen atoms in total. The van der Waals surface area contributed by atoms with Crippen LogP contribution in [0.5, 0.6) is 0 Å². The van der Waals surface area contributed by atoms with Crippen LogP contribution in [-0.2, 0) is 6.42 Å². The minimum Gasteiger partial charge on any atom is -0.310 e. The molecular weight excluding hydrogens is 859 g/mol. The maximum Gasteiger partial charge on any atom is 0.0468 e. The Bertz CT molecular complexity index is 3540. The molecule has 11 aromatic carbocycles. The summed E-state index contributed by atoms with van der Waals surface area (Å²) >= 11 is 0. The first-order chi connectivity index (χ1) is 35.1. The molecule has 0 saturated carbocycles. The normalized spacial score (nSPS) is 11.5. The molecule has 0 aromatic heterocycles. The lowest BCUT2D eigenvalue weighted by Crippen LogP contribution is -2.23. The summed E-state index contributed by atoms with van der Waals surface area (Å²) < 4.78 is 0. The topological polar surface area (TPSA) is 9.72 Å². The van der Waals surface area contributed by atoms with E-state index >= 15 is 0 Å². The standard InChI is InChI=1S/C68H61N3/c1-3-69(4-2)44-21-6-5-10-23-50-24-22-35-60(45-50)71(59-33-15-9-16-34-59)62-41-43-64-66(49-62)68(56-39-37-52-26-18-20-28-54(52)47-56)63-42-40-61(70(57-29-11-7-12-30-57)58-31-13-8-14-32-58)48-65(63)67(64)55-38-36-51-25-17-19-27-53(51)46-55/h7-9,11-20,22,24-43,45-49H,3-6,10,21,23,44H2,1-2H3. The second-order valence-electron chi connectivity index (χ2n) is 18.9. The van der Waals surface area contributed by atoms with Crippen LogP contribution in [0.3, 0.4) is 0 Å². The van der Waals surface area contributed by atoms with Crippen molar-refractivity contribution in [2.24, 2.45) is 0 Å². The molecule has 0 aliphatic carbocycles. The Labute approximate surface area is 419 Å². The van der Waals surface area contributed by atoms with E-state index in [-0.39, 0.29) is 0 Å². The van der Waals surface area contributed by atoms with E-state index in [0.717, 1.165) is 47.9 Å². The highest BCUT2D eigenvalue weighted by atomic mass is 15.1. The van der Waals surface area contributed by atoms with E-state index in [4.69, 9.17) is 0 Å². The molecule has 71 heavy (non-hydrogen) atoms. The number of nitrogens with zero attached hydrogens (tertiary/aromatic N) is 3. The fourth-order valence-corrected chi connectivity index (χ4v) is 10.8. The van der Waals surface area contributed by atoms with Gasteiger partial charge in [-0.3, -0.25) is 0 Å². The van der Waals surface area contributed by atoms with Crippen molar-refractivity contribution in [3.8, 4) is 22.3 Å². The molecular formula is C68H61N3. The maximum atomic E-state index is 2.54. The summed E-state index contributed by atoms with van der Waals surface area (Å²) in [5.74, 6) is 0. The second kappa shape index (κ2) is 20.9. The zero-order valence-electron chi connectivity index (χ0n) is 41.0. The number of hydrogen-bond donors (Lipinski definition) is 0. The fourth-order valence-electron chi connectivity index (χ4n) is 10.8. The first-order valence-corrected chi connectivity index (χ1v) is 25.7. The Morgan fingerprint density at radius 1 is 0.296 bits per heavy atom. The summed E-state index contributed by atoms with van der Waals surface area (Å²) in [7, 11) is 0. The van der Waals surface area contributed by atoms with Gasteiger partial charge in [-0.25, -0.2) is 0 Å². The Kier molecular flexibility index (Phi) is 13.4. The first-order valence-electron chi connectivity index (χ1n) is 25.7. The van der Waals surface area contributed by atoms with Crippen LogP contribution in [0.15, 0.2) is 237 Å². The van der Waals surface area contributed by atoms with Gasteiger partial charge < -0.3 is 14.7 Å². The smallest absolute Gasteiger partial charge is 0.0468 e. The van der Waals surface area contributed by atoms with Crippen molar-refractivity contribution >= 4 is 77.2 Å². The third kappa shape index (κ3) is 9.54. The second-order valence-corrected chi connectivity index (χ2v) is 18.9. The van der Waals surface area contributed by atoms with E-state index in [1.165, 1.54) is 109 Å². The first kappa shape index (κ1) is 45.5. The molecule has 0 radical (unpaired) electrons. The van der Waals surface area contributed by atoms with Gasteiger partial charge in [-0.15, -0.1) is 0 Å². The summed E-state index contributed by atoms with van der Waals surface area (Å²) in [5.41, 5.74) is 13.0. The molecule has 0 spiro atoms. The fraction of sp³-hybridized carbons (Fsp3) is 0.147. The van der Waals surface area contributed by atoms with Gasteiger partial charge >= 0.3 is 0 Å². The van der Waals surface area contributed by atoms with Gasteiger partial charge in [-0.2, -0.15) is 0 Å². The molecule has 0 fully saturated rings. The summed E-state index contributed by atoms with van der Waals surface area (Å²) in [6.45, 7) is 8.00. The predicted octanol–water partition coefficient (Wildman–Crippen LogP) is 19.0. The van der Waals surface area contributed by atoms with E-state index in [9.17, 15) is 0 Å². The summed E-state index contributed by atoms with van der Waals surface area (Å²) in [5, 5.41) is 9.76. The quantitative estimate of drug-likeness (QED) is 0.0666. The highest BCUT2D eigenvalue weighted by Gasteiger charge is 2.23. The van der Waals surface area contributed by atoms with Gasteiger partial charge in [0.1, 0.15) is 0 Å². The number of benzene rings is 11. The molecule has 11 aromatic rings. The van der Waals surface area contributed by atoms with Gasteiger partial charge in [0.15, 0.2) is 0 Å². The van der Waals surface area contributed by atoms with Crippen molar-refractivity contribution in [1.29, 1.82) is 0 Å². The number of para-hydroxylation sites is 3. The number of unbranched alkanes of at least 4 members (excludes halogenated alkanes) is 3. The van der Waals surface area contributed by atoms with Gasteiger partial charge in [-0.1, -0.05) is 178 Å². The molecule has 11 rings (SSSR count). The van der Waals surface area contributed by atoms with Gasteiger partial charge in [0.05, 0.1) is 0 Å². The number of rotatable bonds is 17.